The molecule has 2 fully saturated rings. The molecule has 5 atom stereocenters. The predicted octanol–water partition coefficient (Wildman–Crippen LogP) is 2.91. The highest BCUT2D eigenvalue weighted by Crippen LogP contribution is 2.55. The first kappa shape index (κ1) is 11.7. The van der Waals surface area contributed by atoms with E-state index in [9.17, 15) is 5.11 Å². The van der Waals surface area contributed by atoms with Crippen molar-refractivity contribution >= 4 is 0 Å². The number of aliphatic hydroxyl groups excluding tert-OH is 1. The Kier molecular flexibility index (Phi) is 2.83. The highest BCUT2D eigenvalue weighted by molar-refractivity contribution is 5.19. The van der Waals surface area contributed by atoms with Crippen molar-refractivity contribution in [3.05, 3.63) is 11.6 Å². The molecule has 0 radical (unpaired) electrons. The van der Waals surface area contributed by atoms with E-state index in [1.54, 1.807) is 0 Å². The van der Waals surface area contributed by atoms with Gasteiger partial charge in [0.1, 0.15) is 0 Å². The number of aliphatic hydroxyl groups is 1. The third-order valence-electron chi connectivity index (χ3n) is 5.10. The third-order valence-corrected chi connectivity index (χ3v) is 5.10. The van der Waals surface area contributed by atoms with Gasteiger partial charge in [0.2, 0.25) is 0 Å². The first-order valence-electron chi connectivity index (χ1n) is 7.15. The molecular formula is C15H24O2. The first-order valence-corrected chi connectivity index (χ1v) is 7.15. The summed E-state index contributed by atoms with van der Waals surface area (Å²) in [4.78, 5) is 0. The van der Waals surface area contributed by atoms with E-state index in [0.29, 0.717) is 11.8 Å². The van der Waals surface area contributed by atoms with Crippen molar-refractivity contribution in [2.75, 3.05) is 6.61 Å². The number of hydrogen-bond acceptors (Lipinski definition) is 2. The smallest absolute Gasteiger partial charge is 0.0975 e. The Morgan fingerprint density at radius 1 is 1.53 bits per heavy atom. The molecule has 1 saturated heterocycles. The van der Waals surface area contributed by atoms with Gasteiger partial charge in [-0.15, -0.1) is 0 Å². The van der Waals surface area contributed by atoms with Gasteiger partial charge in [0, 0.05) is 5.92 Å². The summed E-state index contributed by atoms with van der Waals surface area (Å²) in [5.74, 6) is 1.70. The van der Waals surface area contributed by atoms with Crippen molar-refractivity contribution in [3.8, 4) is 0 Å². The quantitative estimate of drug-likeness (QED) is 0.590. The Balaban J connectivity index is 1.89. The number of epoxide rings is 1. The number of ether oxygens (including phenoxy) is 1. The molecule has 0 amide bonds. The lowest BCUT2D eigenvalue weighted by Crippen LogP contribution is -2.48. The summed E-state index contributed by atoms with van der Waals surface area (Å²) >= 11 is 0. The molecule has 1 aliphatic heterocycles. The van der Waals surface area contributed by atoms with E-state index >= 15 is 0 Å². The fourth-order valence-electron chi connectivity index (χ4n) is 4.27. The van der Waals surface area contributed by atoms with Crippen molar-refractivity contribution < 1.29 is 9.84 Å². The van der Waals surface area contributed by atoms with E-state index in [0.717, 1.165) is 18.9 Å². The number of rotatable bonds is 2. The highest BCUT2D eigenvalue weighted by atomic mass is 16.6. The molecule has 1 N–H and O–H groups in total. The molecule has 0 aromatic carbocycles. The normalized spacial score (nSPS) is 48.8. The van der Waals surface area contributed by atoms with E-state index in [1.165, 1.54) is 31.3 Å². The van der Waals surface area contributed by atoms with Crippen LogP contribution in [0.2, 0.25) is 0 Å². The summed E-state index contributed by atoms with van der Waals surface area (Å²) in [6.45, 7) is 5.32. The van der Waals surface area contributed by atoms with Gasteiger partial charge in [-0.3, -0.25) is 0 Å². The van der Waals surface area contributed by atoms with Crippen molar-refractivity contribution in [1.29, 1.82) is 0 Å². The van der Waals surface area contributed by atoms with Crippen LogP contribution in [-0.4, -0.2) is 23.4 Å². The molecule has 2 heteroatoms. The minimum absolute atomic E-state index is 0.0610. The molecule has 0 aromatic heterocycles. The Morgan fingerprint density at radius 3 is 2.94 bits per heavy atom. The van der Waals surface area contributed by atoms with E-state index in [4.69, 9.17) is 4.74 Å². The average molecular weight is 236 g/mol. The summed E-state index contributed by atoms with van der Waals surface area (Å²) < 4.78 is 5.75. The Labute approximate surface area is 104 Å². The van der Waals surface area contributed by atoms with Crippen LogP contribution >= 0.6 is 0 Å². The fourth-order valence-corrected chi connectivity index (χ4v) is 4.27. The minimum Gasteiger partial charge on any atom is -0.392 e. The Morgan fingerprint density at radius 2 is 2.29 bits per heavy atom. The number of hydrogen-bond donors (Lipinski definition) is 1. The van der Waals surface area contributed by atoms with Crippen molar-refractivity contribution in [2.24, 2.45) is 17.8 Å². The SMILES string of the molecule is CCC[C@H]1CCC2(CO2)[C@@H]2[C@@H]1C=C(C)C[C@H]2O. The summed E-state index contributed by atoms with van der Waals surface area (Å²) in [6.07, 6.45) is 8.13. The number of allylic oxidation sites excluding steroid dienone is 1. The summed E-state index contributed by atoms with van der Waals surface area (Å²) in [5.41, 5.74) is 1.43. The lowest BCUT2D eigenvalue weighted by atomic mass is 9.60. The van der Waals surface area contributed by atoms with Crippen LogP contribution in [0, 0.1) is 17.8 Å². The monoisotopic (exact) mass is 236 g/mol. The maximum Gasteiger partial charge on any atom is 0.0975 e. The largest absolute Gasteiger partial charge is 0.392 e. The molecule has 3 aliphatic rings. The Bertz CT molecular complexity index is 330. The Hall–Kier alpha value is -0.340. The second-order valence-electron chi connectivity index (χ2n) is 6.33. The van der Waals surface area contributed by atoms with Crippen LogP contribution in [0.5, 0.6) is 0 Å². The van der Waals surface area contributed by atoms with Gasteiger partial charge in [-0.05, 0) is 38.0 Å². The minimum atomic E-state index is -0.174. The van der Waals surface area contributed by atoms with Gasteiger partial charge in [-0.2, -0.15) is 0 Å². The van der Waals surface area contributed by atoms with Gasteiger partial charge >= 0.3 is 0 Å². The van der Waals surface area contributed by atoms with E-state index in [1.807, 2.05) is 0 Å². The zero-order chi connectivity index (χ0) is 12.0. The van der Waals surface area contributed by atoms with Crippen LogP contribution in [-0.2, 0) is 4.74 Å². The van der Waals surface area contributed by atoms with E-state index in [-0.39, 0.29) is 11.7 Å². The maximum atomic E-state index is 10.4. The zero-order valence-electron chi connectivity index (χ0n) is 11.0. The number of fused-ring (bicyclic) bond motifs is 2. The lowest BCUT2D eigenvalue weighted by molar-refractivity contribution is -0.0256. The summed E-state index contributed by atoms with van der Waals surface area (Å²) in [7, 11) is 0. The molecule has 1 saturated carbocycles. The standard InChI is InChI=1S/C15H24O2/c1-3-4-11-5-6-15(9-17-15)14-12(11)7-10(2)8-13(14)16/h7,11-14,16H,3-6,8-9H2,1-2H3/t11-,12+,13+,14+,15?/m0/s1. The van der Waals surface area contributed by atoms with E-state index < -0.39 is 0 Å². The molecule has 2 nitrogen and oxygen atoms in total. The van der Waals surface area contributed by atoms with Crippen LogP contribution in [0.3, 0.4) is 0 Å². The molecule has 0 bridgehead atoms. The second-order valence-corrected chi connectivity index (χ2v) is 6.33. The molecule has 3 rings (SSSR count). The fraction of sp³-hybridized carbons (Fsp3) is 0.867. The van der Waals surface area contributed by atoms with Crippen LogP contribution < -0.4 is 0 Å². The van der Waals surface area contributed by atoms with Crippen LogP contribution in [0.25, 0.3) is 0 Å². The van der Waals surface area contributed by atoms with E-state index in [2.05, 4.69) is 19.9 Å². The molecule has 17 heavy (non-hydrogen) atoms. The van der Waals surface area contributed by atoms with Crippen molar-refractivity contribution in [1.82, 2.24) is 0 Å². The average Bonchev–Trinajstić information content (AvgIpc) is 3.02. The van der Waals surface area contributed by atoms with Gasteiger partial charge in [-0.1, -0.05) is 31.4 Å². The van der Waals surface area contributed by atoms with Crippen LogP contribution in [0.15, 0.2) is 11.6 Å². The van der Waals surface area contributed by atoms with Gasteiger partial charge in [0.15, 0.2) is 0 Å². The zero-order valence-corrected chi connectivity index (χ0v) is 11.0. The molecule has 2 aliphatic carbocycles. The van der Waals surface area contributed by atoms with Gasteiger partial charge in [0.25, 0.3) is 0 Å². The summed E-state index contributed by atoms with van der Waals surface area (Å²) in [5, 5.41) is 10.4. The van der Waals surface area contributed by atoms with Gasteiger partial charge in [-0.25, -0.2) is 0 Å². The maximum absolute atomic E-state index is 10.4. The van der Waals surface area contributed by atoms with Crippen molar-refractivity contribution in [3.63, 3.8) is 0 Å². The van der Waals surface area contributed by atoms with Crippen molar-refractivity contribution in [2.45, 2.75) is 57.7 Å². The molecule has 96 valence electrons. The molecule has 1 spiro atoms. The first-order chi connectivity index (χ1) is 8.16. The van der Waals surface area contributed by atoms with Crippen LogP contribution in [0.4, 0.5) is 0 Å². The second kappa shape index (κ2) is 4.10. The highest BCUT2D eigenvalue weighted by Gasteiger charge is 2.60. The van der Waals surface area contributed by atoms with Gasteiger partial charge < -0.3 is 9.84 Å². The molecule has 1 heterocycles. The summed E-state index contributed by atoms with van der Waals surface area (Å²) in [6, 6.07) is 0. The third kappa shape index (κ3) is 1.86. The predicted molar refractivity (Wildman–Crippen MR) is 67.7 cm³/mol. The molecule has 0 aromatic rings. The molecule has 1 unspecified atom stereocenters. The molecular weight excluding hydrogens is 212 g/mol. The topological polar surface area (TPSA) is 32.8 Å². The van der Waals surface area contributed by atoms with Crippen LogP contribution in [0.1, 0.15) is 46.0 Å². The lowest BCUT2D eigenvalue weighted by Gasteiger charge is -2.45. The van der Waals surface area contributed by atoms with Gasteiger partial charge in [0.05, 0.1) is 18.3 Å².